The van der Waals surface area contributed by atoms with Crippen LogP contribution in [0.4, 0.5) is 0 Å². The van der Waals surface area contributed by atoms with Gasteiger partial charge in [-0.1, -0.05) is 0 Å². The third-order valence-electron chi connectivity index (χ3n) is 1.41. The fourth-order valence-electron chi connectivity index (χ4n) is 0.903. The molecule has 0 atom stereocenters. The van der Waals surface area contributed by atoms with Crippen LogP contribution in [0.15, 0.2) is 29.4 Å². The maximum atomic E-state index is 5.26. The summed E-state index contributed by atoms with van der Waals surface area (Å²) in [7, 11) is 0. The molecule has 2 N–H and O–H groups in total. The smallest absolute Gasteiger partial charge is 0.119 e. The Morgan fingerprint density at radius 2 is 2.08 bits per heavy atom. The van der Waals surface area contributed by atoms with Crippen LogP contribution in [0.2, 0.25) is 0 Å². The normalized spacial score (nSPS) is 10.4. The van der Waals surface area contributed by atoms with Gasteiger partial charge in [0.15, 0.2) is 0 Å². The molecule has 0 aliphatic rings. The van der Waals surface area contributed by atoms with E-state index in [4.69, 9.17) is 10.6 Å². The number of benzene rings is 1. The van der Waals surface area contributed by atoms with Crippen molar-refractivity contribution in [3.8, 4) is 5.75 Å². The Balaban J connectivity index is 2.71. The van der Waals surface area contributed by atoms with Crippen LogP contribution in [0.25, 0.3) is 0 Å². The Bertz CT molecular complexity index is 254. The van der Waals surface area contributed by atoms with Crippen molar-refractivity contribution < 1.29 is 4.74 Å². The minimum Gasteiger partial charge on any atom is -0.494 e. The molecule has 0 bridgehead atoms. The highest BCUT2D eigenvalue weighted by atomic mass is 16.5. The van der Waals surface area contributed by atoms with Gasteiger partial charge in [0, 0.05) is 0 Å². The van der Waals surface area contributed by atoms with Crippen molar-refractivity contribution in [2.24, 2.45) is 10.9 Å². The van der Waals surface area contributed by atoms with Gasteiger partial charge in [0.05, 0.1) is 12.8 Å². The maximum Gasteiger partial charge on any atom is 0.119 e. The molecule has 3 nitrogen and oxygen atoms in total. The summed E-state index contributed by atoms with van der Waals surface area (Å²) in [5.41, 5.74) is 0.973. The summed E-state index contributed by atoms with van der Waals surface area (Å²) in [6.07, 6.45) is 1.59. The van der Waals surface area contributed by atoms with E-state index in [0.29, 0.717) is 6.61 Å². The average molecular weight is 164 g/mol. The molecule has 0 radical (unpaired) electrons. The summed E-state index contributed by atoms with van der Waals surface area (Å²) in [6, 6.07) is 7.59. The zero-order valence-electron chi connectivity index (χ0n) is 7.03. The molecule has 0 heterocycles. The highest BCUT2D eigenvalue weighted by Crippen LogP contribution is 2.10. The maximum absolute atomic E-state index is 5.26. The molecule has 12 heavy (non-hydrogen) atoms. The molecule has 0 unspecified atom stereocenters. The first-order chi connectivity index (χ1) is 5.86. The molecule has 0 spiro atoms. The average Bonchev–Trinajstić information content (AvgIpc) is 2.09. The van der Waals surface area contributed by atoms with Crippen LogP contribution < -0.4 is 10.6 Å². The van der Waals surface area contributed by atoms with Gasteiger partial charge in [-0.2, -0.15) is 5.10 Å². The lowest BCUT2D eigenvalue weighted by Crippen LogP contribution is -1.91. The molecule has 64 valence electrons. The Morgan fingerprint density at radius 1 is 1.42 bits per heavy atom. The first kappa shape index (κ1) is 8.59. The predicted octanol–water partition coefficient (Wildman–Crippen LogP) is 1.38. The van der Waals surface area contributed by atoms with Gasteiger partial charge < -0.3 is 10.6 Å². The number of ether oxygens (including phenoxy) is 1. The van der Waals surface area contributed by atoms with Crippen molar-refractivity contribution in [3.05, 3.63) is 29.8 Å². The van der Waals surface area contributed by atoms with Crippen LogP contribution >= 0.6 is 0 Å². The van der Waals surface area contributed by atoms with Crippen LogP contribution in [0.1, 0.15) is 12.5 Å². The van der Waals surface area contributed by atoms with Crippen LogP contribution in [-0.2, 0) is 0 Å². The Hall–Kier alpha value is -1.51. The van der Waals surface area contributed by atoms with E-state index in [-0.39, 0.29) is 0 Å². The third-order valence-corrected chi connectivity index (χ3v) is 1.41. The second-order valence-corrected chi connectivity index (χ2v) is 2.28. The highest BCUT2D eigenvalue weighted by Gasteiger charge is 1.90. The van der Waals surface area contributed by atoms with E-state index in [1.165, 1.54) is 0 Å². The molecule has 0 aliphatic heterocycles. The zero-order chi connectivity index (χ0) is 8.81. The monoisotopic (exact) mass is 164 g/mol. The molecule has 1 rings (SSSR count). The standard InChI is InChI=1S/C9H12N2O/c1-2-12-9-5-3-8(4-6-9)7-11-10/h3-7H,2,10H2,1H3/b11-7+. The molecule has 0 fully saturated rings. The number of nitrogens with zero attached hydrogens (tertiary/aromatic N) is 1. The summed E-state index contributed by atoms with van der Waals surface area (Å²) < 4.78 is 5.26. The SMILES string of the molecule is CCOc1ccc(/C=N/N)cc1. The zero-order valence-corrected chi connectivity index (χ0v) is 7.03. The molecule has 1 aromatic rings. The van der Waals surface area contributed by atoms with E-state index in [1.54, 1.807) is 6.21 Å². The number of nitrogens with two attached hydrogens (primary N) is 1. The van der Waals surface area contributed by atoms with Gasteiger partial charge in [0.2, 0.25) is 0 Å². The van der Waals surface area contributed by atoms with Crippen molar-refractivity contribution in [3.63, 3.8) is 0 Å². The van der Waals surface area contributed by atoms with E-state index < -0.39 is 0 Å². The fourth-order valence-corrected chi connectivity index (χ4v) is 0.903. The summed E-state index contributed by atoms with van der Waals surface area (Å²) in [6.45, 7) is 2.64. The van der Waals surface area contributed by atoms with Gasteiger partial charge >= 0.3 is 0 Å². The summed E-state index contributed by atoms with van der Waals surface area (Å²) in [5.74, 6) is 5.86. The molecular formula is C9H12N2O. The van der Waals surface area contributed by atoms with Crippen molar-refractivity contribution in [2.75, 3.05) is 6.61 Å². The summed E-state index contributed by atoms with van der Waals surface area (Å²) in [4.78, 5) is 0. The number of hydrazone groups is 1. The van der Waals surface area contributed by atoms with E-state index in [0.717, 1.165) is 11.3 Å². The van der Waals surface area contributed by atoms with Gasteiger partial charge in [-0.15, -0.1) is 0 Å². The van der Waals surface area contributed by atoms with Gasteiger partial charge in [0.1, 0.15) is 5.75 Å². The van der Waals surface area contributed by atoms with Crippen LogP contribution in [0.5, 0.6) is 5.75 Å². The van der Waals surface area contributed by atoms with E-state index in [2.05, 4.69) is 5.10 Å². The lowest BCUT2D eigenvalue weighted by molar-refractivity contribution is 0.340. The highest BCUT2D eigenvalue weighted by molar-refractivity contribution is 5.79. The van der Waals surface area contributed by atoms with Gasteiger partial charge in [-0.3, -0.25) is 0 Å². The van der Waals surface area contributed by atoms with E-state index >= 15 is 0 Å². The van der Waals surface area contributed by atoms with E-state index in [1.807, 2.05) is 31.2 Å². The Morgan fingerprint density at radius 3 is 2.58 bits per heavy atom. The van der Waals surface area contributed by atoms with Crippen molar-refractivity contribution in [1.82, 2.24) is 0 Å². The molecule has 1 aromatic carbocycles. The first-order valence-electron chi connectivity index (χ1n) is 3.83. The van der Waals surface area contributed by atoms with Gasteiger partial charge in [-0.05, 0) is 36.8 Å². The summed E-state index contributed by atoms with van der Waals surface area (Å²) in [5, 5.41) is 3.42. The lowest BCUT2D eigenvalue weighted by Gasteiger charge is -2.01. The van der Waals surface area contributed by atoms with Crippen LogP contribution in [-0.4, -0.2) is 12.8 Å². The predicted molar refractivity (Wildman–Crippen MR) is 49.4 cm³/mol. The molecule has 3 heteroatoms. The molecule has 0 aromatic heterocycles. The molecule has 0 saturated heterocycles. The number of rotatable bonds is 3. The summed E-state index contributed by atoms with van der Waals surface area (Å²) >= 11 is 0. The van der Waals surface area contributed by atoms with Crippen LogP contribution in [0, 0.1) is 0 Å². The van der Waals surface area contributed by atoms with E-state index in [9.17, 15) is 0 Å². The van der Waals surface area contributed by atoms with Crippen molar-refractivity contribution >= 4 is 6.21 Å². The second-order valence-electron chi connectivity index (χ2n) is 2.28. The molecule has 0 saturated carbocycles. The Kier molecular flexibility index (Phi) is 3.14. The van der Waals surface area contributed by atoms with Gasteiger partial charge in [0.25, 0.3) is 0 Å². The molecular weight excluding hydrogens is 152 g/mol. The minimum absolute atomic E-state index is 0.685. The minimum atomic E-state index is 0.685. The largest absolute Gasteiger partial charge is 0.494 e. The molecule has 0 aliphatic carbocycles. The van der Waals surface area contributed by atoms with Gasteiger partial charge in [-0.25, -0.2) is 0 Å². The van der Waals surface area contributed by atoms with Crippen molar-refractivity contribution in [1.29, 1.82) is 0 Å². The lowest BCUT2D eigenvalue weighted by atomic mass is 10.2. The van der Waals surface area contributed by atoms with Crippen LogP contribution in [0.3, 0.4) is 0 Å². The number of hydrogen-bond donors (Lipinski definition) is 1. The first-order valence-corrected chi connectivity index (χ1v) is 3.83. The number of hydrogen-bond acceptors (Lipinski definition) is 3. The topological polar surface area (TPSA) is 47.6 Å². The Labute approximate surface area is 71.8 Å². The fraction of sp³-hybridized carbons (Fsp3) is 0.222. The quantitative estimate of drug-likeness (QED) is 0.416. The second kappa shape index (κ2) is 4.38. The third kappa shape index (κ3) is 2.27. The molecule has 0 amide bonds. The van der Waals surface area contributed by atoms with Crippen molar-refractivity contribution in [2.45, 2.75) is 6.92 Å².